The zero-order valence-electron chi connectivity index (χ0n) is 24.3. The van der Waals surface area contributed by atoms with Crippen LogP contribution in [0.2, 0.25) is 0 Å². The van der Waals surface area contributed by atoms with Crippen molar-refractivity contribution < 1.29 is 42.7 Å². The highest BCUT2D eigenvalue weighted by Gasteiger charge is 2.45. The number of hydrogen-bond acceptors (Lipinski definition) is 9. The van der Waals surface area contributed by atoms with Gasteiger partial charge in [-0.05, 0) is 57.0 Å². The number of fused-ring (bicyclic) bond motifs is 2. The van der Waals surface area contributed by atoms with Crippen LogP contribution >= 0.6 is 0 Å². The summed E-state index contributed by atoms with van der Waals surface area (Å²) in [7, 11) is 3.04. The fourth-order valence-corrected chi connectivity index (χ4v) is 4.73. The van der Waals surface area contributed by atoms with Crippen molar-refractivity contribution in [1.29, 1.82) is 0 Å². The molecule has 0 saturated carbocycles. The molecule has 9 nitrogen and oxygen atoms in total. The summed E-state index contributed by atoms with van der Waals surface area (Å²) in [4.78, 5) is 26.6. The lowest BCUT2D eigenvalue weighted by Gasteiger charge is -2.25. The first kappa shape index (κ1) is 30.3. The molecule has 1 fully saturated rings. The zero-order chi connectivity index (χ0) is 29.6. The Hall–Kier alpha value is -3.66. The maximum atomic E-state index is 13.5. The number of carbonyl (C=O) groups excluding carboxylic acids is 2. The van der Waals surface area contributed by atoms with Crippen LogP contribution in [0.15, 0.2) is 60.7 Å². The van der Waals surface area contributed by atoms with Crippen molar-refractivity contribution in [1.82, 2.24) is 0 Å². The van der Waals surface area contributed by atoms with E-state index in [-0.39, 0.29) is 24.0 Å². The lowest BCUT2D eigenvalue weighted by Crippen LogP contribution is -2.37. The van der Waals surface area contributed by atoms with Gasteiger partial charge in [-0.1, -0.05) is 43.4 Å². The van der Waals surface area contributed by atoms with Gasteiger partial charge in [-0.25, -0.2) is 9.59 Å². The maximum absolute atomic E-state index is 13.5. The Morgan fingerprint density at radius 2 is 1.80 bits per heavy atom. The molecule has 2 aliphatic heterocycles. The Labute approximate surface area is 241 Å². The largest absolute Gasteiger partial charge is 0.497 e. The fourth-order valence-electron chi connectivity index (χ4n) is 4.73. The summed E-state index contributed by atoms with van der Waals surface area (Å²) in [6, 6.07) is 12.2. The summed E-state index contributed by atoms with van der Waals surface area (Å²) in [6.45, 7) is 7.32. The molecule has 0 aromatic heterocycles. The van der Waals surface area contributed by atoms with E-state index in [1.807, 2.05) is 39.0 Å². The molecule has 0 bridgehead atoms. The van der Waals surface area contributed by atoms with Crippen LogP contribution in [0.4, 0.5) is 0 Å². The van der Waals surface area contributed by atoms with E-state index in [0.29, 0.717) is 23.3 Å². The minimum atomic E-state index is -0.900. The molecule has 2 aromatic carbocycles. The second-order valence-electron chi connectivity index (χ2n) is 10.5. The number of methoxy groups -OCH3 is 2. The first-order valence-corrected chi connectivity index (χ1v) is 13.6. The van der Waals surface area contributed by atoms with Gasteiger partial charge in [0, 0.05) is 19.1 Å². The Morgan fingerprint density at radius 1 is 1.05 bits per heavy atom. The van der Waals surface area contributed by atoms with Crippen LogP contribution in [0, 0.1) is 5.92 Å². The molecule has 1 saturated heterocycles. The summed E-state index contributed by atoms with van der Waals surface area (Å²) in [5.41, 5.74) is 1.24. The Kier molecular flexibility index (Phi) is 9.86. The van der Waals surface area contributed by atoms with Gasteiger partial charge in [-0.15, -0.1) is 0 Å². The van der Waals surface area contributed by atoms with Crippen molar-refractivity contribution in [3.05, 3.63) is 77.4 Å². The maximum Gasteiger partial charge on any atom is 0.342 e. The Balaban J connectivity index is 1.74. The summed E-state index contributed by atoms with van der Waals surface area (Å²) < 4.78 is 40.7. The number of carbonyl (C=O) groups is 2. The predicted molar refractivity (Wildman–Crippen MR) is 152 cm³/mol. The van der Waals surface area contributed by atoms with E-state index in [9.17, 15) is 9.59 Å². The molecular weight excluding hydrogens is 528 g/mol. The van der Waals surface area contributed by atoms with E-state index >= 15 is 0 Å². The number of rotatable bonds is 6. The molecule has 0 aliphatic carbocycles. The number of esters is 2. The predicted octanol–water partition coefficient (Wildman–Crippen LogP) is 5.58. The molecule has 4 unspecified atom stereocenters. The van der Waals surface area contributed by atoms with Gasteiger partial charge in [-0.3, -0.25) is 0 Å². The molecular formula is C32H38O9. The second kappa shape index (κ2) is 13.3. The third-order valence-corrected chi connectivity index (χ3v) is 6.98. The quantitative estimate of drug-likeness (QED) is 0.252. The molecule has 0 N–H and O–H groups in total. The van der Waals surface area contributed by atoms with Gasteiger partial charge in [0.1, 0.15) is 35.4 Å². The summed E-state index contributed by atoms with van der Waals surface area (Å²) in [5, 5.41) is 0. The first-order valence-electron chi connectivity index (χ1n) is 13.6. The Morgan fingerprint density at radius 3 is 2.51 bits per heavy atom. The zero-order valence-corrected chi connectivity index (χ0v) is 24.3. The van der Waals surface area contributed by atoms with Crippen molar-refractivity contribution in [2.24, 2.45) is 5.92 Å². The smallest absolute Gasteiger partial charge is 0.342 e. The van der Waals surface area contributed by atoms with E-state index in [2.05, 4.69) is 0 Å². The third-order valence-electron chi connectivity index (χ3n) is 6.98. The normalized spacial score (nSPS) is 25.8. The SMILES string of the molecule is COCOc1cc(OC)cc2c1C(=O)OC(C)[C@H](C)C=CC(OC(=O)c1ccccc1)C1OC(C)(C)OC1CC=C2. The highest BCUT2D eigenvalue weighted by Crippen LogP contribution is 2.36. The molecule has 4 rings (SSSR count). The summed E-state index contributed by atoms with van der Waals surface area (Å²) in [6.07, 6.45) is 5.44. The van der Waals surface area contributed by atoms with Crippen LogP contribution in [-0.2, 0) is 23.7 Å². The van der Waals surface area contributed by atoms with Gasteiger partial charge in [0.2, 0.25) is 0 Å². The second-order valence-corrected chi connectivity index (χ2v) is 10.5. The molecule has 0 radical (unpaired) electrons. The van der Waals surface area contributed by atoms with Crippen molar-refractivity contribution in [3.8, 4) is 11.5 Å². The van der Waals surface area contributed by atoms with Gasteiger partial charge in [0.15, 0.2) is 12.6 Å². The number of benzene rings is 2. The van der Waals surface area contributed by atoms with Crippen LogP contribution in [0.3, 0.4) is 0 Å². The standard InChI is InChI=1S/C32H38O9/c1-20-15-16-25(39-30(33)22-11-8-7-9-12-22)29-26(40-32(3,4)41-29)14-10-13-23-17-24(36-6)18-27(37-19-35-5)28(23)31(34)38-21(20)2/h7-13,15-18,20-21,25-26,29H,14,19H2,1-6H3/t20-,21?,25?,26?,29?/m1/s1. The summed E-state index contributed by atoms with van der Waals surface area (Å²) >= 11 is 0. The molecule has 9 heteroatoms. The van der Waals surface area contributed by atoms with E-state index in [0.717, 1.165) is 0 Å². The highest BCUT2D eigenvalue weighted by molar-refractivity contribution is 5.97. The number of ether oxygens (including phenoxy) is 7. The highest BCUT2D eigenvalue weighted by atomic mass is 16.8. The van der Waals surface area contributed by atoms with E-state index in [1.54, 1.807) is 55.5 Å². The number of hydrogen-bond donors (Lipinski definition) is 0. The van der Waals surface area contributed by atoms with Gasteiger partial charge in [0.05, 0.1) is 18.8 Å². The third kappa shape index (κ3) is 7.55. The molecule has 0 spiro atoms. The van der Waals surface area contributed by atoms with Crippen molar-refractivity contribution in [2.45, 2.75) is 64.3 Å². The molecule has 2 aromatic rings. The molecule has 5 atom stereocenters. The van der Waals surface area contributed by atoms with Gasteiger partial charge < -0.3 is 33.2 Å². The number of cyclic esters (lactones) is 1. The first-order chi connectivity index (χ1) is 19.6. The van der Waals surface area contributed by atoms with Crippen LogP contribution in [0.1, 0.15) is 60.4 Å². The van der Waals surface area contributed by atoms with Gasteiger partial charge in [0.25, 0.3) is 0 Å². The van der Waals surface area contributed by atoms with Crippen LogP contribution in [0.25, 0.3) is 6.08 Å². The molecule has 0 amide bonds. The Bertz CT molecular complexity index is 1270. The monoisotopic (exact) mass is 566 g/mol. The fraction of sp³-hybridized carbons (Fsp3) is 0.438. The van der Waals surface area contributed by atoms with Gasteiger partial charge in [-0.2, -0.15) is 0 Å². The van der Waals surface area contributed by atoms with Crippen molar-refractivity contribution in [3.63, 3.8) is 0 Å². The van der Waals surface area contributed by atoms with Crippen LogP contribution in [-0.4, -0.2) is 63.2 Å². The average molecular weight is 567 g/mol. The van der Waals surface area contributed by atoms with Crippen LogP contribution < -0.4 is 9.47 Å². The molecule has 41 heavy (non-hydrogen) atoms. The van der Waals surface area contributed by atoms with E-state index in [1.165, 1.54) is 14.2 Å². The molecule has 220 valence electrons. The van der Waals surface area contributed by atoms with E-state index in [4.69, 9.17) is 33.2 Å². The summed E-state index contributed by atoms with van der Waals surface area (Å²) in [5.74, 6) is -1.36. The molecule has 2 aliphatic rings. The molecule has 2 heterocycles. The van der Waals surface area contributed by atoms with Crippen molar-refractivity contribution >= 4 is 18.0 Å². The average Bonchev–Trinajstić information content (AvgIpc) is 3.27. The van der Waals surface area contributed by atoms with Crippen LogP contribution in [0.5, 0.6) is 11.5 Å². The van der Waals surface area contributed by atoms with E-state index < -0.39 is 42.1 Å². The minimum absolute atomic E-state index is 0.0571. The van der Waals surface area contributed by atoms with Crippen molar-refractivity contribution in [2.75, 3.05) is 21.0 Å². The van der Waals surface area contributed by atoms with Gasteiger partial charge >= 0.3 is 11.9 Å². The minimum Gasteiger partial charge on any atom is -0.497 e. The topological polar surface area (TPSA) is 98.8 Å². The lowest BCUT2D eigenvalue weighted by atomic mass is 9.98. The lowest BCUT2D eigenvalue weighted by molar-refractivity contribution is -0.152.